The number of halogens is 4. The summed E-state index contributed by atoms with van der Waals surface area (Å²) in [5.74, 6) is -0.696. The first-order chi connectivity index (χ1) is 10.7. The van der Waals surface area contributed by atoms with Gasteiger partial charge in [-0.1, -0.05) is 11.6 Å². The van der Waals surface area contributed by atoms with E-state index < -0.39 is 34.9 Å². The fourth-order valence-electron chi connectivity index (χ4n) is 1.68. The Kier molecular flexibility index (Phi) is 4.55. The Bertz CT molecular complexity index is 760. The average molecular weight is 349 g/mol. The molecule has 2 aromatic rings. The van der Waals surface area contributed by atoms with Gasteiger partial charge in [-0.25, -0.2) is 0 Å². The van der Waals surface area contributed by atoms with Crippen LogP contribution in [-0.4, -0.2) is 20.6 Å². The minimum Gasteiger partial charge on any atom is -0.324 e. The van der Waals surface area contributed by atoms with Crippen LogP contribution in [0.3, 0.4) is 0 Å². The Morgan fingerprint density at radius 2 is 2.09 bits per heavy atom. The molecule has 1 N–H and O–H groups in total. The van der Waals surface area contributed by atoms with Crippen LogP contribution in [0.5, 0.6) is 0 Å². The molecule has 23 heavy (non-hydrogen) atoms. The fraction of sp³-hybridized carbons (Fsp3) is 0.167. The molecule has 0 bridgehead atoms. The second-order valence-electron chi connectivity index (χ2n) is 4.37. The normalized spacial score (nSPS) is 11.3. The van der Waals surface area contributed by atoms with Gasteiger partial charge in [0.15, 0.2) is 5.69 Å². The van der Waals surface area contributed by atoms with E-state index in [1.54, 1.807) is 0 Å². The summed E-state index contributed by atoms with van der Waals surface area (Å²) in [5.41, 5.74) is -1.43. The predicted molar refractivity (Wildman–Crippen MR) is 74.0 cm³/mol. The molecule has 0 aliphatic rings. The number of nitrogens with one attached hydrogen (secondary N) is 1. The zero-order chi connectivity index (χ0) is 17.2. The van der Waals surface area contributed by atoms with Crippen LogP contribution < -0.4 is 5.32 Å². The molecular weight excluding hydrogens is 341 g/mol. The number of anilines is 1. The summed E-state index contributed by atoms with van der Waals surface area (Å²) in [5, 5.41) is 16.2. The highest BCUT2D eigenvalue weighted by atomic mass is 35.5. The molecule has 0 saturated heterocycles. The van der Waals surface area contributed by atoms with Crippen LogP contribution in [0.25, 0.3) is 0 Å². The van der Waals surface area contributed by atoms with Crippen molar-refractivity contribution in [2.75, 3.05) is 5.32 Å². The van der Waals surface area contributed by atoms with E-state index in [-0.39, 0.29) is 10.7 Å². The Labute approximate surface area is 131 Å². The minimum absolute atomic E-state index is 0.0919. The van der Waals surface area contributed by atoms with Gasteiger partial charge in [0, 0.05) is 18.0 Å². The molecule has 1 heterocycles. The van der Waals surface area contributed by atoms with Gasteiger partial charge in [-0.3, -0.25) is 19.6 Å². The van der Waals surface area contributed by atoms with E-state index in [0.29, 0.717) is 0 Å². The quantitative estimate of drug-likeness (QED) is 0.679. The molecule has 0 unspecified atom stereocenters. The second kappa shape index (κ2) is 6.24. The third kappa shape index (κ3) is 4.19. The summed E-state index contributed by atoms with van der Waals surface area (Å²) < 4.78 is 38.0. The highest BCUT2D eigenvalue weighted by molar-refractivity contribution is 6.32. The number of hydrogen-bond acceptors (Lipinski definition) is 4. The van der Waals surface area contributed by atoms with E-state index in [2.05, 4.69) is 10.4 Å². The van der Waals surface area contributed by atoms with Crippen molar-refractivity contribution in [3.63, 3.8) is 0 Å². The van der Waals surface area contributed by atoms with Crippen molar-refractivity contribution >= 4 is 28.9 Å². The van der Waals surface area contributed by atoms with Gasteiger partial charge in [-0.2, -0.15) is 18.3 Å². The predicted octanol–water partition coefficient (Wildman–Crippen LogP) is 3.10. The number of carbonyl (C=O) groups excluding carboxylic acids is 1. The maximum Gasteiger partial charge on any atom is 0.435 e. The smallest absolute Gasteiger partial charge is 0.324 e. The third-order valence-corrected chi connectivity index (χ3v) is 2.98. The molecule has 1 amide bonds. The van der Waals surface area contributed by atoms with E-state index in [1.165, 1.54) is 12.1 Å². The fourth-order valence-corrected chi connectivity index (χ4v) is 1.87. The summed E-state index contributed by atoms with van der Waals surface area (Å²) in [4.78, 5) is 21.8. The number of benzene rings is 1. The van der Waals surface area contributed by atoms with Crippen LogP contribution >= 0.6 is 11.6 Å². The molecule has 0 radical (unpaired) electrons. The van der Waals surface area contributed by atoms with Crippen molar-refractivity contribution in [1.29, 1.82) is 0 Å². The summed E-state index contributed by atoms with van der Waals surface area (Å²) in [7, 11) is 0. The lowest BCUT2D eigenvalue weighted by molar-refractivity contribution is -0.384. The molecule has 2 rings (SSSR count). The van der Waals surface area contributed by atoms with Crippen LogP contribution in [0, 0.1) is 10.1 Å². The first kappa shape index (κ1) is 16.7. The highest BCUT2D eigenvalue weighted by Gasteiger charge is 2.33. The Balaban J connectivity index is 2.07. The van der Waals surface area contributed by atoms with Crippen molar-refractivity contribution in [1.82, 2.24) is 9.78 Å². The monoisotopic (exact) mass is 348 g/mol. The van der Waals surface area contributed by atoms with Gasteiger partial charge in [-0.05, 0) is 18.2 Å². The molecule has 122 valence electrons. The maximum atomic E-state index is 12.4. The van der Waals surface area contributed by atoms with Crippen LogP contribution in [0.2, 0.25) is 5.02 Å². The van der Waals surface area contributed by atoms with Gasteiger partial charge in [0.1, 0.15) is 11.6 Å². The molecule has 0 aliphatic heterocycles. The lowest BCUT2D eigenvalue weighted by atomic mass is 10.3. The van der Waals surface area contributed by atoms with Crippen LogP contribution in [0.15, 0.2) is 30.5 Å². The first-order valence-electron chi connectivity index (χ1n) is 6.01. The topological polar surface area (TPSA) is 90.1 Å². The Morgan fingerprint density at radius 1 is 1.39 bits per heavy atom. The Hall–Kier alpha value is -2.62. The van der Waals surface area contributed by atoms with E-state index >= 15 is 0 Å². The highest BCUT2D eigenvalue weighted by Crippen LogP contribution is 2.28. The standard InChI is InChI=1S/C12H8ClF3N4O3/c13-8-2-1-7(5-9(8)20(22)23)17-11(21)6-19-4-3-10(18-19)12(14,15)16/h1-5H,6H2,(H,17,21). The zero-order valence-corrected chi connectivity index (χ0v) is 11.9. The number of rotatable bonds is 4. The van der Waals surface area contributed by atoms with E-state index in [0.717, 1.165) is 23.0 Å². The van der Waals surface area contributed by atoms with Gasteiger partial charge in [0.05, 0.1) is 4.92 Å². The third-order valence-electron chi connectivity index (χ3n) is 2.66. The van der Waals surface area contributed by atoms with Crippen molar-refractivity contribution in [2.24, 2.45) is 0 Å². The SMILES string of the molecule is O=C(Cn1ccc(C(F)(F)F)n1)Nc1ccc(Cl)c([N+](=O)[O-])c1. The summed E-state index contributed by atoms with van der Waals surface area (Å²) in [6, 6.07) is 4.34. The molecule has 0 fully saturated rings. The minimum atomic E-state index is -4.60. The summed E-state index contributed by atoms with van der Waals surface area (Å²) in [6.45, 7) is -0.480. The molecule has 0 aliphatic carbocycles. The maximum absolute atomic E-state index is 12.4. The van der Waals surface area contributed by atoms with Gasteiger partial charge < -0.3 is 5.32 Å². The van der Waals surface area contributed by atoms with Gasteiger partial charge in [-0.15, -0.1) is 0 Å². The summed E-state index contributed by atoms with van der Waals surface area (Å²) >= 11 is 5.63. The van der Waals surface area contributed by atoms with Crippen LogP contribution in [0.4, 0.5) is 24.5 Å². The van der Waals surface area contributed by atoms with E-state index in [1.807, 2.05) is 0 Å². The van der Waals surface area contributed by atoms with Crippen LogP contribution in [0.1, 0.15) is 5.69 Å². The number of nitro benzene ring substituents is 1. The largest absolute Gasteiger partial charge is 0.435 e. The second-order valence-corrected chi connectivity index (χ2v) is 4.77. The Morgan fingerprint density at radius 3 is 2.65 bits per heavy atom. The molecular formula is C12H8ClF3N4O3. The summed E-state index contributed by atoms with van der Waals surface area (Å²) in [6.07, 6.45) is -3.59. The van der Waals surface area contributed by atoms with Crippen molar-refractivity contribution in [3.05, 3.63) is 51.3 Å². The van der Waals surface area contributed by atoms with Gasteiger partial charge in [0.25, 0.3) is 5.69 Å². The van der Waals surface area contributed by atoms with Crippen molar-refractivity contribution < 1.29 is 22.9 Å². The molecule has 0 atom stereocenters. The number of aromatic nitrogens is 2. The molecule has 7 nitrogen and oxygen atoms in total. The molecule has 1 aromatic carbocycles. The van der Waals surface area contributed by atoms with E-state index in [9.17, 15) is 28.1 Å². The number of nitrogens with zero attached hydrogens (tertiary/aromatic N) is 3. The van der Waals surface area contributed by atoms with Crippen molar-refractivity contribution in [3.8, 4) is 0 Å². The lowest BCUT2D eigenvalue weighted by Gasteiger charge is -2.06. The van der Waals surface area contributed by atoms with Crippen molar-refractivity contribution in [2.45, 2.75) is 12.7 Å². The lowest BCUT2D eigenvalue weighted by Crippen LogP contribution is -2.19. The number of nitro groups is 1. The molecule has 0 spiro atoms. The molecule has 11 heteroatoms. The number of hydrogen-bond donors (Lipinski definition) is 1. The van der Waals surface area contributed by atoms with Crippen LogP contribution in [-0.2, 0) is 17.5 Å². The van der Waals surface area contributed by atoms with E-state index in [4.69, 9.17) is 11.6 Å². The van der Waals surface area contributed by atoms with Gasteiger partial charge in [0.2, 0.25) is 5.91 Å². The number of amides is 1. The zero-order valence-electron chi connectivity index (χ0n) is 11.2. The molecule has 0 saturated carbocycles. The number of carbonyl (C=O) groups is 1. The average Bonchev–Trinajstić information content (AvgIpc) is 2.89. The number of alkyl halides is 3. The molecule has 1 aromatic heterocycles. The van der Waals surface area contributed by atoms with Gasteiger partial charge >= 0.3 is 6.18 Å². The first-order valence-corrected chi connectivity index (χ1v) is 6.39.